The molecule has 0 spiro atoms. The van der Waals surface area contributed by atoms with Crippen molar-refractivity contribution in [2.24, 2.45) is 5.73 Å². The first-order valence-electron chi connectivity index (χ1n) is 5.83. The van der Waals surface area contributed by atoms with E-state index in [1.807, 2.05) is 0 Å². The highest BCUT2D eigenvalue weighted by Gasteiger charge is 2.06. The van der Waals surface area contributed by atoms with Crippen LogP contribution >= 0.6 is 12.2 Å². The molecule has 3 nitrogen and oxygen atoms in total. The molecule has 0 aliphatic carbocycles. The lowest BCUT2D eigenvalue weighted by molar-refractivity contribution is 0.0952. The molecule has 0 saturated heterocycles. The largest absolute Gasteiger partial charge is 0.393 e. The highest BCUT2D eigenvalue weighted by atomic mass is 32.1. The van der Waals surface area contributed by atoms with Crippen LogP contribution in [0.25, 0.3) is 0 Å². The Morgan fingerprint density at radius 1 is 1.39 bits per heavy atom. The maximum Gasteiger partial charge on any atom is 0.251 e. The zero-order valence-electron chi connectivity index (χ0n) is 10.3. The van der Waals surface area contributed by atoms with Gasteiger partial charge >= 0.3 is 0 Å². The van der Waals surface area contributed by atoms with Crippen LogP contribution < -0.4 is 11.1 Å². The minimum Gasteiger partial charge on any atom is -0.393 e. The van der Waals surface area contributed by atoms with Gasteiger partial charge < -0.3 is 11.1 Å². The van der Waals surface area contributed by atoms with Crippen molar-refractivity contribution in [1.29, 1.82) is 0 Å². The first-order valence-corrected chi connectivity index (χ1v) is 6.23. The molecule has 0 aliphatic rings. The van der Waals surface area contributed by atoms with E-state index in [9.17, 15) is 9.18 Å². The lowest BCUT2D eigenvalue weighted by atomic mass is 10.1. The van der Waals surface area contributed by atoms with Gasteiger partial charge in [-0.1, -0.05) is 12.2 Å². The number of aryl methyl sites for hydroxylation is 1. The number of rotatable bonds is 6. The summed E-state index contributed by atoms with van der Waals surface area (Å²) in [6, 6.07) is 4.28. The number of thiocarbonyl (C=S) groups is 1. The molecule has 18 heavy (non-hydrogen) atoms. The molecule has 0 radical (unpaired) electrons. The zero-order valence-corrected chi connectivity index (χ0v) is 11.1. The SMILES string of the molecule is Cc1cc(F)cc(C(=O)NCCCCC(N)=S)c1. The average molecular weight is 268 g/mol. The third-order valence-electron chi connectivity index (χ3n) is 2.44. The molecular weight excluding hydrogens is 251 g/mol. The molecule has 1 aromatic rings. The molecule has 0 atom stereocenters. The third kappa shape index (κ3) is 5.23. The number of carbonyl (C=O) groups excluding carboxylic acids is 1. The molecule has 0 fully saturated rings. The lowest BCUT2D eigenvalue weighted by Crippen LogP contribution is -2.24. The van der Waals surface area contributed by atoms with E-state index in [4.69, 9.17) is 18.0 Å². The molecule has 0 aliphatic heterocycles. The Kier molecular flexibility index (Phi) is 5.71. The molecule has 0 heterocycles. The van der Waals surface area contributed by atoms with Gasteiger partial charge in [-0.15, -0.1) is 0 Å². The molecule has 3 N–H and O–H groups in total. The normalized spacial score (nSPS) is 10.1. The second-order valence-corrected chi connectivity index (χ2v) is 4.72. The van der Waals surface area contributed by atoms with E-state index < -0.39 is 5.82 Å². The maximum absolute atomic E-state index is 13.1. The van der Waals surface area contributed by atoms with E-state index in [0.717, 1.165) is 18.4 Å². The van der Waals surface area contributed by atoms with E-state index in [1.165, 1.54) is 12.1 Å². The van der Waals surface area contributed by atoms with Gasteiger partial charge in [0, 0.05) is 12.1 Å². The quantitative estimate of drug-likeness (QED) is 0.615. The van der Waals surface area contributed by atoms with Gasteiger partial charge in [0.15, 0.2) is 0 Å². The summed E-state index contributed by atoms with van der Waals surface area (Å²) < 4.78 is 13.1. The van der Waals surface area contributed by atoms with Crippen LogP contribution in [0.1, 0.15) is 35.2 Å². The summed E-state index contributed by atoms with van der Waals surface area (Å²) in [4.78, 5) is 12.2. The smallest absolute Gasteiger partial charge is 0.251 e. The number of halogens is 1. The van der Waals surface area contributed by atoms with E-state index >= 15 is 0 Å². The van der Waals surface area contributed by atoms with Crippen LogP contribution in [0.4, 0.5) is 4.39 Å². The minimum atomic E-state index is -0.395. The van der Waals surface area contributed by atoms with E-state index in [1.54, 1.807) is 13.0 Å². The number of nitrogens with two attached hydrogens (primary N) is 1. The van der Waals surface area contributed by atoms with Crippen LogP contribution in [0.5, 0.6) is 0 Å². The molecule has 0 unspecified atom stereocenters. The van der Waals surface area contributed by atoms with Gasteiger partial charge in [0.2, 0.25) is 0 Å². The Labute approximate surface area is 112 Å². The predicted molar refractivity (Wildman–Crippen MR) is 74.1 cm³/mol. The molecule has 1 aromatic carbocycles. The van der Waals surface area contributed by atoms with Crippen molar-refractivity contribution < 1.29 is 9.18 Å². The summed E-state index contributed by atoms with van der Waals surface area (Å²) in [5.41, 5.74) is 6.44. The van der Waals surface area contributed by atoms with Crippen molar-refractivity contribution in [1.82, 2.24) is 5.32 Å². The van der Waals surface area contributed by atoms with Crippen molar-refractivity contribution >= 4 is 23.1 Å². The van der Waals surface area contributed by atoms with Crippen molar-refractivity contribution in [2.75, 3.05) is 6.54 Å². The van der Waals surface area contributed by atoms with Crippen LogP contribution in [-0.2, 0) is 0 Å². The summed E-state index contributed by atoms with van der Waals surface area (Å²) >= 11 is 4.75. The van der Waals surface area contributed by atoms with Crippen LogP contribution in [0.2, 0.25) is 0 Å². The molecular formula is C13H17FN2OS. The van der Waals surface area contributed by atoms with Gasteiger partial charge in [0.25, 0.3) is 5.91 Å². The van der Waals surface area contributed by atoms with Crippen molar-refractivity contribution in [3.63, 3.8) is 0 Å². The summed E-state index contributed by atoms with van der Waals surface area (Å²) in [7, 11) is 0. The van der Waals surface area contributed by atoms with Gasteiger partial charge in [0.1, 0.15) is 5.82 Å². The molecule has 0 saturated carbocycles. The van der Waals surface area contributed by atoms with Gasteiger partial charge in [-0.3, -0.25) is 4.79 Å². The summed E-state index contributed by atoms with van der Waals surface area (Å²) in [5.74, 6) is -0.651. The molecule has 98 valence electrons. The number of carbonyl (C=O) groups is 1. The van der Waals surface area contributed by atoms with Crippen LogP contribution in [-0.4, -0.2) is 17.4 Å². The number of unbranched alkanes of at least 4 members (excludes halogenated alkanes) is 1. The summed E-state index contributed by atoms with van der Waals surface area (Å²) in [6.45, 7) is 2.29. The summed E-state index contributed by atoms with van der Waals surface area (Å²) in [5, 5.41) is 2.74. The molecule has 1 rings (SSSR count). The molecule has 0 aromatic heterocycles. The zero-order chi connectivity index (χ0) is 13.5. The number of nitrogens with one attached hydrogen (secondary N) is 1. The van der Waals surface area contributed by atoms with E-state index in [2.05, 4.69) is 5.32 Å². The van der Waals surface area contributed by atoms with Crippen LogP contribution in [0.3, 0.4) is 0 Å². The van der Waals surface area contributed by atoms with Crippen LogP contribution in [0.15, 0.2) is 18.2 Å². The number of hydrogen-bond donors (Lipinski definition) is 2. The topological polar surface area (TPSA) is 55.1 Å². The minimum absolute atomic E-state index is 0.257. The molecule has 1 amide bonds. The van der Waals surface area contributed by atoms with E-state index in [-0.39, 0.29) is 5.91 Å². The average Bonchev–Trinajstić information content (AvgIpc) is 2.26. The van der Waals surface area contributed by atoms with Gasteiger partial charge in [-0.2, -0.15) is 0 Å². The van der Waals surface area contributed by atoms with Crippen molar-refractivity contribution in [3.05, 3.63) is 35.1 Å². The fourth-order valence-corrected chi connectivity index (χ4v) is 1.74. The second kappa shape index (κ2) is 7.06. The Hall–Kier alpha value is -1.49. The van der Waals surface area contributed by atoms with Crippen molar-refractivity contribution in [2.45, 2.75) is 26.2 Å². The Balaban J connectivity index is 2.38. The van der Waals surface area contributed by atoms with Crippen LogP contribution in [0, 0.1) is 12.7 Å². The molecule has 0 bridgehead atoms. The Bertz CT molecular complexity index is 428. The first-order chi connectivity index (χ1) is 8.49. The standard InChI is InChI=1S/C13H17FN2OS/c1-9-6-10(8-11(14)7-9)13(17)16-5-3-2-4-12(15)18/h6-8H,2-5H2,1H3,(H2,15,18)(H,16,17). The lowest BCUT2D eigenvalue weighted by Gasteiger charge is -2.06. The fourth-order valence-electron chi connectivity index (χ4n) is 1.60. The number of benzene rings is 1. The van der Waals surface area contributed by atoms with Gasteiger partial charge in [-0.25, -0.2) is 4.39 Å². The second-order valence-electron chi connectivity index (χ2n) is 4.20. The van der Waals surface area contributed by atoms with Gasteiger partial charge in [0.05, 0.1) is 4.99 Å². The van der Waals surface area contributed by atoms with E-state index in [0.29, 0.717) is 23.5 Å². The number of hydrogen-bond acceptors (Lipinski definition) is 2. The third-order valence-corrected chi connectivity index (χ3v) is 2.64. The molecule has 5 heteroatoms. The Morgan fingerprint density at radius 2 is 2.11 bits per heavy atom. The Morgan fingerprint density at radius 3 is 2.72 bits per heavy atom. The highest BCUT2D eigenvalue weighted by molar-refractivity contribution is 7.80. The number of amides is 1. The maximum atomic E-state index is 13.1. The summed E-state index contributed by atoms with van der Waals surface area (Å²) in [6.07, 6.45) is 2.33. The van der Waals surface area contributed by atoms with Gasteiger partial charge in [-0.05, 0) is 49.9 Å². The predicted octanol–water partition coefficient (Wildman–Crippen LogP) is 2.32. The van der Waals surface area contributed by atoms with Crippen molar-refractivity contribution in [3.8, 4) is 0 Å². The monoisotopic (exact) mass is 268 g/mol. The fraction of sp³-hybridized carbons (Fsp3) is 0.385. The highest BCUT2D eigenvalue weighted by Crippen LogP contribution is 2.08. The first kappa shape index (κ1) is 14.6.